The first kappa shape index (κ1) is 21.1. The van der Waals surface area contributed by atoms with Crippen LogP contribution in [0.4, 0.5) is 5.69 Å². The maximum Gasteiger partial charge on any atom is 0.338 e. The summed E-state index contributed by atoms with van der Waals surface area (Å²) < 4.78 is 6.94. The average molecular weight is 437 g/mol. The molecule has 0 aliphatic heterocycles. The van der Waals surface area contributed by atoms with Crippen molar-refractivity contribution in [1.29, 1.82) is 0 Å². The third-order valence-corrected chi connectivity index (χ3v) is 6.25. The monoisotopic (exact) mass is 436 g/mol. The second-order valence-corrected chi connectivity index (χ2v) is 8.34. The summed E-state index contributed by atoms with van der Waals surface area (Å²) in [5.41, 5.74) is 2.41. The van der Waals surface area contributed by atoms with E-state index in [1.807, 2.05) is 17.7 Å². The predicted molar refractivity (Wildman–Crippen MR) is 119 cm³/mol. The SMILES string of the molecule is CCOC(=O)c1ccc(NC(=O)CSc2nnc(C3CC3c3ccccc3)n2C)cc1. The van der Waals surface area contributed by atoms with Crippen molar-refractivity contribution >= 4 is 29.3 Å². The van der Waals surface area contributed by atoms with Crippen LogP contribution in [0.2, 0.25) is 0 Å². The second kappa shape index (κ2) is 9.34. The van der Waals surface area contributed by atoms with Gasteiger partial charge in [-0.1, -0.05) is 42.1 Å². The molecule has 1 aromatic heterocycles. The summed E-state index contributed by atoms with van der Waals surface area (Å²) in [4.78, 5) is 24.0. The fourth-order valence-corrected chi connectivity index (χ4v) is 4.27. The third-order valence-electron chi connectivity index (χ3n) is 5.23. The van der Waals surface area contributed by atoms with E-state index in [0.717, 1.165) is 17.4 Å². The lowest BCUT2D eigenvalue weighted by atomic mass is 10.1. The van der Waals surface area contributed by atoms with Crippen molar-refractivity contribution in [3.05, 3.63) is 71.5 Å². The van der Waals surface area contributed by atoms with E-state index in [1.165, 1.54) is 17.3 Å². The lowest BCUT2D eigenvalue weighted by Gasteiger charge is -2.07. The van der Waals surface area contributed by atoms with Crippen LogP contribution in [0.3, 0.4) is 0 Å². The molecule has 0 radical (unpaired) electrons. The van der Waals surface area contributed by atoms with Crippen molar-refractivity contribution in [3.8, 4) is 0 Å². The molecule has 2 aromatic carbocycles. The van der Waals surface area contributed by atoms with Gasteiger partial charge in [-0.05, 0) is 49.1 Å². The van der Waals surface area contributed by atoms with Crippen LogP contribution >= 0.6 is 11.8 Å². The van der Waals surface area contributed by atoms with E-state index in [2.05, 4.69) is 39.8 Å². The van der Waals surface area contributed by atoms with Gasteiger partial charge in [0.1, 0.15) is 5.82 Å². The minimum atomic E-state index is -0.376. The maximum atomic E-state index is 12.3. The lowest BCUT2D eigenvalue weighted by molar-refractivity contribution is -0.113. The van der Waals surface area contributed by atoms with Crippen molar-refractivity contribution in [2.24, 2.45) is 7.05 Å². The van der Waals surface area contributed by atoms with E-state index in [1.54, 1.807) is 31.2 Å². The summed E-state index contributed by atoms with van der Waals surface area (Å²) in [5, 5.41) is 12.2. The molecule has 7 nitrogen and oxygen atoms in total. The summed E-state index contributed by atoms with van der Waals surface area (Å²) in [5.74, 6) is 1.53. The molecule has 1 fully saturated rings. The van der Waals surface area contributed by atoms with Crippen LogP contribution in [0.25, 0.3) is 0 Å². The number of carbonyl (C=O) groups excluding carboxylic acids is 2. The smallest absolute Gasteiger partial charge is 0.338 e. The highest BCUT2D eigenvalue weighted by molar-refractivity contribution is 7.99. The van der Waals surface area contributed by atoms with Crippen molar-refractivity contribution in [1.82, 2.24) is 14.8 Å². The Labute approximate surface area is 185 Å². The zero-order valence-corrected chi connectivity index (χ0v) is 18.3. The topological polar surface area (TPSA) is 86.1 Å². The van der Waals surface area contributed by atoms with Gasteiger partial charge >= 0.3 is 5.97 Å². The van der Waals surface area contributed by atoms with Crippen LogP contribution in [0, 0.1) is 0 Å². The fraction of sp³-hybridized carbons (Fsp3) is 0.304. The molecule has 31 heavy (non-hydrogen) atoms. The number of amides is 1. The van der Waals surface area contributed by atoms with Crippen LogP contribution in [-0.4, -0.2) is 39.0 Å². The Morgan fingerprint density at radius 2 is 1.84 bits per heavy atom. The first-order chi connectivity index (χ1) is 15.1. The predicted octanol–water partition coefficient (Wildman–Crippen LogP) is 3.99. The first-order valence-corrected chi connectivity index (χ1v) is 11.2. The van der Waals surface area contributed by atoms with Gasteiger partial charge in [0.05, 0.1) is 17.9 Å². The number of ether oxygens (including phenoxy) is 1. The molecule has 0 bridgehead atoms. The molecule has 2 atom stereocenters. The molecule has 4 rings (SSSR count). The number of hydrogen-bond donors (Lipinski definition) is 1. The minimum absolute atomic E-state index is 0.146. The number of esters is 1. The van der Waals surface area contributed by atoms with Crippen LogP contribution in [-0.2, 0) is 16.6 Å². The molecule has 1 saturated carbocycles. The highest BCUT2D eigenvalue weighted by Gasteiger charge is 2.42. The van der Waals surface area contributed by atoms with Gasteiger partial charge in [-0.3, -0.25) is 4.79 Å². The molecule has 8 heteroatoms. The van der Waals surface area contributed by atoms with Crippen LogP contribution in [0.5, 0.6) is 0 Å². The van der Waals surface area contributed by atoms with Crippen molar-refractivity contribution in [2.75, 3.05) is 17.7 Å². The van der Waals surface area contributed by atoms with Crippen molar-refractivity contribution in [3.63, 3.8) is 0 Å². The van der Waals surface area contributed by atoms with E-state index in [4.69, 9.17) is 4.74 Å². The Morgan fingerprint density at radius 1 is 1.10 bits per heavy atom. The summed E-state index contributed by atoms with van der Waals surface area (Å²) in [7, 11) is 1.95. The van der Waals surface area contributed by atoms with Crippen molar-refractivity contribution < 1.29 is 14.3 Å². The molecule has 160 valence electrons. The van der Waals surface area contributed by atoms with Gasteiger partial charge in [0.15, 0.2) is 5.16 Å². The molecule has 1 amide bonds. The van der Waals surface area contributed by atoms with Gasteiger partial charge in [-0.15, -0.1) is 10.2 Å². The Hall–Kier alpha value is -3.13. The zero-order valence-electron chi connectivity index (χ0n) is 17.4. The van der Waals surface area contributed by atoms with E-state index in [9.17, 15) is 9.59 Å². The number of carbonyl (C=O) groups is 2. The normalized spacial score (nSPS) is 17.2. The molecular weight excluding hydrogens is 412 g/mol. The summed E-state index contributed by atoms with van der Waals surface area (Å²) in [6, 6.07) is 17.1. The molecule has 1 N–H and O–H groups in total. The molecule has 0 saturated heterocycles. The van der Waals surface area contributed by atoms with Gasteiger partial charge in [0, 0.05) is 18.7 Å². The van der Waals surface area contributed by atoms with Gasteiger partial charge in [0.25, 0.3) is 0 Å². The number of nitrogens with one attached hydrogen (secondary N) is 1. The van der Waals surface area contributed by atoms with Crippen LogP contribution < -0.4 is 5.32 Å². The largest absolute Gasteiger partial charge is 0.462 e. The molecule has 1 heterocycles. The standard InChI is InChI=1S/C23H24N4O3S/c1-3-30-22(29)16-9-11-17(12-10-16)24-20(28)14-31-23-26-25-21(27(23)2)19-13-18(19)15-7-5-4-6-8-15/h4-12,18-19H,3,13-14H2,1-2H3,(H,24,28). The number of nitrogens with zero attached hydrogens (tertiary/aromatic N) is 3. The maximum absolute atomic E-state index is 12.3. The Kier molecular flexibility index (Phi) is 6.36. The summed E-state index contributed by atoms with van der Waals surface area (Å²) in [6.45, 7) is 2.09. The quantitative estimate of drug-likeness (QED) is 0.424. The van der Waals surface area contributed by atoms with Gasteiger partial charge < -0.3 is 14.6 Å². The minimum Gasteiger partial charge on any atom is -0.462 e. The number of aromatic nitrogens is 3. The Morgan fingerprint density at radius 3 is 2.55 bits per heavy atom. The van der Waals surface area contributed by atoms with Crippen LogP contribution in [0.1, 0.15) is 46.9 Å². The van der Waals surface area contributed by atoms with E-state index >= 15 is 0 Å². The number of benzene rings is 2. The number of anilines is 1. The first-order valence-electron chi connectivity index (χ1n) is 10.2. The van der Waals surface area contributed by atoms with E-state index in [-0.39, 0.29) is 17.6 Å². The highest BCUT2D eigenvalue weighted by atomic mass is 32.2. The molecular formula is C23H24N4O3S. The van der Waals surface area contributed by atoms with E-state index in [0.29, 0.717) is 29.7 Å². The number of hydrogen-bond acceptors (Lipinski definition) is 6. The fourth-order valence-electron chi connectivity index (χ4n) is 3.55. The van der Waals surface area contributed by atoms with Crippen molar-refractivity contribution in [2.45, 2.75) is 30.3 Å². The molecule has 3 aromatic rings. The highest BCUT2D eigenvalue weighted by Crippen LogP contribution is 2.54. The van der Waals surface area contributed by atoms with Gasteiger partial charge in [-0.25, -0.2) is 4.79 Å². The van der Waals surface area contributed by atoms with Gasteiger partial charge in [0.2, 0.25) is 5.91 Å². The number of rotatable bonds is 8. The molecule has 0 spiro atoms. The zero-order chi connectivity index (χ0) is 21.8. The average Bonchev–Trinajstić information content (AvgIpc) is 3.49. The Bertz CT molecular complexity index is 1070. The molecule has 2 unspecified atom stereocenters. The molecule has 1 aliphatic carbocycles. The Balaban J connectivity index is 1.30. The summed E-state index contributed by atoms with van der Waals surface area (Å²) in [6.07, 6.45) is 1.07. The summed E-state index contributed by atoms with van der Waals surface area (Å²) >= 11 is 1.36. The van der Waals surface area contributed by atoms with E-state index < -0.39 is 0 Å². The second-order valence-electron chi connectivity index (χ2n) is 7.39. The van der Waals surface area contributed by atoms with Crippen LogP contribution in [0.15, 0.2) is 59.8 Å². The third kappa shape index (κ3) is 4.96. The lowest BCUT2D eigenvalue weighted by Crippen LogP contribution is -2.14. The number of thioether (sulfide) groups is 1. The van der Waals surface area contributed by atoms with Gasteiger partial charge in [-0.2, -0.15) is 0 Å². The molecule has 1 aliphatic rings.